The molecule has 2 aliphatic rings. The van der Waals surface area contributed by atoms with Gasteiger partial charge in [-0.05, 0) is 42.5 Å². The number of rotatable bonds is 4. The first kappa shape index (κ1) is 17.3. The van der Waals surface area contributed by atoms with Gasteiger partial charge in [-0.25, -0.2) is 4.39 Å². The third-order valence-corrected chi connectivity index (χ3v) is 4.98. The Bertz CT molecular complexity index is 1210. The Labute approximate surface area is 166 Å². The second-order valence-corrected chi connectivity index (χ2v) is 6.95. The summed E-state index contributed by atoms with van der Waals surface area (Å²) < 4.78 is 27.2. The highest BCUT2D eigenvalue weighted by Gasteiger charge is 2.27. The van der Waals surface area contributed by atoms with Crippen molar-refractivity contribution in [2.24, 2.45) is 0 Å². The first-order valence-electron chi connectivity index (χ1n) is 9.30. The van der Waals surface area contributed by atoms with Crippen molar-refractivity contribution in [2.45, 2.75) is 12.6 Å². The molecule has 0 fully saturated rings. The van der Waals surface area contributed by atoms with E-state index < -0.39 is 0 Å². The lowest BCUT2D eigenvalue weighted by atomic mass is 10.1. The molecule has 3 aromatic rings. The lowest BCUT2D eigenvalue weighted by Crippen LogP contribution is -2.25. The fourth-order valence-corrected chi connectivity index (χ4v) is 3.55. The number of imidazole rings is 1. The Balaban J connectivity index is 1.23. The Morgan fingerprint density at radius 2 is 2.21 bits per heavy atom. The molecule has 2 aromatic carbocycles. The summed E-state index contributed by atoms with van der Waals surface area (Å²) in [5, 5.41) is 12.3. The second kappa shape index (κ2) is 6.99. The minimum Gasteiger partial charge on any atom is -0.492 e. The predicted octanol–water partition coefficient (Wildman–Crippen LogP) is 3.35. The topological polar surface area (TPSA) is 72.1 Å². The van der Waals surface area contributed by atoms with Gasteiger partial charge in [-0.2, -0.15) is 10.2 Å². The predicted molar refractivity (Wildman–Crippen MR) is 105 cm³/mol. The van der Waals surface area contributed by atoms with Gasteiger partial charge in [0.05, 0.1) is 35.8 Å². The van der Waals surface area contributed by atoms with Crippen molar-refractivity contribution in [3.8, 4) is 12.1 Å². The minimum absolute atomic E-state index is 0.132. The van der Waals surface area contributed by atoms with Crippen LogP contribution in [0.25, 0.3) is 16.7 Å². The number of allylic oxidation sites excluding steroid dienone is 2. The lowest BCUT2D eigenvalue weighted by Gasteiger charge is -2.19. The molecular formula is C22H17FN4O2. The number of ether oxygens (including phenoxy) is 2. The number of aromatic nitrogens is 2. The molecule has 2 aliphatic heterocycles. The van der Waals surface area contributed by atoms with Crippen LogP contribution in [0.5, 0.6) is 6.01 Å². The molecule has 7 heteroatoms. The zero-order valence-electron chi connectivity index (χ0n) is 15.4. The largest absolute Gasteiger partial charge is 0.492 e. The highest BCUT2D eigenvalue weighted by Crippen LogP contribution is 2.28. The van der Waals surface area contributed by atoms with Crippen LogP contribution in [0.2, 0.25) is 0 Å². The van der Waals surface area contributed by atoms with Gasteiger partial charge in [-0.15, -0.1) is 0 Å². The van der Waals surface area contributed by atoms with Crippen LogP contribution in [-0.4, -0.2) is 28.8 Å². The maximum atomic E-state index is 13.4. The summed E-state index contributed by atoms with van der Waals surface area (Å²) in [5.74, 6) is 0.533. The van der Waals surface area contributed by atoms with Crippen molar-refractivity contribution in [1.29, 1.82) is 5.26 Å². The number of hydrogen-bond donors (Lipinski definition) is 1. The molecule has 0 bridgehead atoms. The van der Waals surface area contributed by atoms with Crippen LogP contribution < -0.4 is 10.1 Å². The molecule has 6 nitrogen and oxygen atoms in total. The average Bonchev–Trinajstić information content (AvgIpc) is 3.29. The summed E-state index contributed by atoms with van der Waals surface area (Å²) in [7, 11) is 0. The quantitative estimate of drug-likeness (QED) is 0.742. The van der Waals surface area contributed by atoms with Crippen LogP contribution in [0.3, 0.4) is 0 Å². The van der Waals surface area contributed by atoms with Crippen molar-refractivity contribution in [1.82, 2.24) is 14.9 Å². The zero-order chi connectivity index (χ0) is 19.8. The highest BCUT2D eigenvalue weighted by molar-refractivity contribution is 5.78. The first-order chi connectivity index (χ1) is 14.2. The number of nitrogens with zero attached hydrogens (tertiary/aromatic N) is 3. The van der Waals surface area contributed by atoms with E-state index >= 15 is 0 Å². The third-order valence-electron chi connectivity index (χ3n) is 4.98. The molecule has 0 saturated carbocycles. The number of dihydropyridines is 1. The molecule has 1 N–H and O–H groups in total. The fraction of sp³-hybridized carbons (Fsp3) is 0.182. The van der Waals surface area contributed by atoms with Crippen LogP contribution in [0.1, 0.15) is 11.1 Å². The molecular weight excluding hydrogens is 371 g/mol. The molecule has 3 heterocycles. The molecule has 144 valence electrons. The van der Waals surface area contributed by atoms with Crippen LogP contribution >= 0.6 is 0 Å². The van der Waals surface area contributed by atoms with Gasteiger partial charge < -0.3 is 14.8 Å². The summed E-state index contributed by atoms with van der Waals surface area (Å²) in [6.07, 6.45) is 3.64. The standard InChI is InChI=1S/C22H17FN4O2/c23-16-3-1-2-15(9-16)19-6-5-17(11-25-19)28-13-18-12-27-21-7-4-14(10-24)8-20(21)26-22(27)29-18/h1-9,18,25H,11-13H2/t18-/m0/s1. The molecule has 29 heavy (non-hydrogen) atoms. The van der Waals surface area contributed by atoms with E-state index in [0.29, 0.717) is 31.3 Å². The van der Waals surface area contributed by atoms with Crippen molar-refractivity contribution in [3.05, 3.63) is 77.3 Å². The van der Waals surface area contributed by atoms with Gasteiger partial charge in [0.15, 0.2) is 6.10 Å². The van der Waals surface area contributed by atoms with Crippen LogP contribution in [0.15, 0.2) is 60.4 Å². The van der Waals surface area contributed by atoms with Crippen molar-refractivity contribution in [2.75, 3.05) is 13.2 Å². The van der Waals surface area contributed by atoms with E-state index in [2.05, 4.69) is 16.4 Å². The number of benzene rings is 2. The molecule has 1 atom stereocenters. The smallest absolute Gasteiger partial charge is 0.297 e. The number of hydrogen-bond acceptors (Lipinski definition) is 5. The summed E-state index contributed by atoms with van der Waals surface area (Å²) in [6.45, 7) is 1.57. The molecule has 1 aromatic heterocycles. The minimum atomic E-state index is -0.261. The van der Waals surface area contributed by atoms with E-state index in [9.17, 15) is 4.39 Å². The van der Waals surface area contributed by atoms with Crippen molar-refractivity contribution in [3.63, 3.8) is 0 Å². The average molecular weight is 388 g/mol. The van der Waals surface area contributed by atoms with E-state index in [1.54, 1.807) is 18.2 Å². The SMILES string of the molecule is N#Cc1ccc2c(c1)nc1n2C[C@@H](COC2=CC=C(c3cccc(F)c3)NC2)O1. The second-order valence-electron chi connectivity index (χ2n) is 6.95. The van der Waals surface area contributed by atoms with E-state index in [1.165, 1.54) is 12.1 Å². The maximum Gasteiger partial charge on any atom is 0.297 e. The number of nitrogens with one attached hydrogen (secondary N) is 1. The maximum absolute atomic E-state index is 13.4. The van der Waals surface area contributed by atoms with Crippen LogP contribution in [-0.2, 0) is 11.3 Å². The van der Waals surface area contributed by atoms with Gasteiger partial charge in [0.1, 0.15) is 18.2 Å². The molecule has 0 saturated heterocycles. The van der Waals surface area contributed by atoms with E-state index in [4.69, 9.17) is 14.7 Å². The fourth-order valence-electron chi connectivity index (χ4n) is 3.55. The third kappa shape index (κ3) is 3.29. The van der Waals surface area contributed by atoms with Crippen molar-refractivity contribution < 1.29 is 13.9 Å². The van der Waals surface area contributed by atoms with Gasteiger partial charge in [0.25, 0.3) is 6.01 Å². The Kier molecular flexibility index (Phi) is 4.17. The number of fused-ring (bicyclic) bond motifs is 3. The summed E-state index contributed by atoms with van der Waals surface area (Å²) in [5.41, 5.74) is 3.94. The zero-order valence-corrected chi connectivity index (χ0v) is 15.4. The molecule has 0 amide bonds. The van der Waals surface area contributed by atoms with Gasteiger partial charge in [0, 0.05) is 11.3 Å². The van der Waals surface area contributed by atoms with Gasteiger partial charge >= 0.3 is 0 Å². The van der Waals surface area contributed by atoms with Crippen LogP contribution in [0, 0.1) is 17.1 Å². The molecule has 5 rings (SSSR count). The summed E-state index contributed by atoms with van der Waals surface area (Å²) >= 11 is 0. The van der Waals surface area contributed by atoms with Gasteiger partial charge in [-0.1, -0.05) is 12.1 Å². The normalized spacial score (nSPS) is 17.6. The number of nitriles is 1. The van der Waals surface area contributed by atoms with Crippen molar-refractivity contribution >= 4 is 16.7 Å². The van der Waals surface area contributed by atoms with Crippen LogP contribution in [0.4, 0.5) is 4.39 Å². The number of halogens is 1. The first-order valence-corrected chi connectivity index (χ1v) is 9.30. The molecule has 0 spiro atoms. The molecule has 0 unspecified atom stereocenters. The van der Waals surface area contributed by atoms with E-state index in [-0.39, 0.29) is 11.9 Å². The van der Waals surface area contributed by atoms with Gasteiger partial charge in [0.2, 0.25) is 0 Å². The van der Waals surface area contributed by atoms with E-state index in [1.807, 2.05) is 28.9 Å². The summed E-state index contributed by atoms with van der Waals surface area (Å²) in [4.78, 5) is 4.46. The Morgan fingerprint density at radius 3 is 3.00 bits per heavy atom. The lowest BCUT2D eigenvalue weighted by molar-refractivity contribution is 0.0977. The molecule has 0 radical (unpaired) electrons. The Hall–Kier alpha value is -3.79. The van der Waals surface area contributed by atoms with Gasteiger partial charge in [-0.3, -0.25) is 4.57 Å². The molecule has 0 aliphatic carbocycles. The summed E-state index contributed by atoms with van der Waals surface area (Å²) in [6, 6.07) is 14.6. The monoisotopic (exact) mass is 388 g/mol. The Morgan fingerprint density at radius 1 is 1.28 bits per heavy atom. The van der Waals surface area contributed by atoms with E-state index in [0.717, 1.165) is 28.1 Å². The highest BCUT2D eigenvalue weighted by atomic mass is 19.1.